The minimum Gasteiger partial charge on any atom is -0.373 e. The number of morpholine rings is 1. The van der Waals surface area contributed by atoms with Crippen LogP contribution in [0.25, 0.3) is 0 Å². The lowest BCUT2D eigenvalue weighted by Crippen LogP contribution is -2.49. The van der Waals surface area contributed by atoms with Crippen LogP contribution in [0.3, 0.4) is 0 Å². The molecule has 1 aromatic heterocycles. The number of nitrogens with one attached hydrogen (secondary N) is 2. The summed E-state index contributed by atoms with van der Waals surface area (Å²) >= 11 is 0. The van der Waals surface area contributed by atoms with Crippen LogP contribution in [0, 0.1) is 0 Å². The molecule has 0 aromatic carbocycles. The molecule has 2 atom stereocenters. The van der Waals surface area contributed by atoms with Gasteiger partial charge in [0.15, 0.2) is 4.90 Å². The maximum atomic E-state index is 12.3. The number of ether oxygens (including phenoxy) is 1. The van der Waals surface area contributed by atoms with E-state index < -0.39 is 26.2 Å². The Bertz CT molecular complexity index is 667. The quantitative estimate of drug-likeness (QED) is 0.714. The molecule has 2 heterocycles. The molecule has 0 bridgehead atoms. The highest BCUT2D eigenvalue weighted by Gasteiger charge is 2.33. The van der Waals surface area contributed by atoms with E-state index in [2.05, 4.69) is 4.98 Å². The smallest absolute Gasteiger partial charge is 0.325 e. The van der Waals surface area contributed by atoms with E-state index >= 15 is 0 Å². The Hall–Kier alpha value is -1.45. The zero-order valence-corrected chi connectivity index (χ0v) is 11.4. The molecule has 19 heavy (non-hydrogen) atoms. The number of rotatable bonds is 2. The maximum Gasteiger partial charge on any atom is 0.325 e. The second-order valence-corrected chi connectivity index (χ2v) is 6.42. The fourth-order valence-electron chi connectivity index (χ4n) is 2.06. The Morgan fingerprint density at radius 3 is 2.37 bits per heavy atom. The van der Waals surface area contributed by atoms with E-state index in [4.69, 9.17) is 4.74 Å². The first-order valence-corrected chi connectivity index (χ1v) is 7.22. The number of hydrogen-bond acceptors (Lipinski definition) is 5. The summed E-state index contributed by atoms with van der Waals surface area (Å²) in [6, 6.07) is 0. The Labute approximate surface area is 109 Å². The van der Waals surface area contributed by atoms with Crippen LogP contribution in [-0.4, -0.2) is 48.0 Å². The van der Waals surface area contributed by atoms with Gasteiger partial charge in [-0.3, -0.25) is 9.78 Å². The van der Waals surface area contributed by atoms with Gasteiger partial charge in [0.25, 0.3) is 5.56 Å². The van der Waals surface area contributed by atoms with Crippen molar-refractivity contribution in [3.8, 4) is 0 Å². The molecule has 8 nitrogen and oxygen atoms in total. The summed E-state index contributed by atoms with van der Waals surface area (Å²) in [5, 5.41) is 0. The predicted octanol–water partition coefficient (Wildman–Crippen LogP) is -1.14. The fourth-order valence-corrected chi connectivity index (χ4v) is 3.64. The lowest BCUT2D eigenvalue weighted by atomic mass is 10.3. The van der Waals surface area contributed by atoms with Crippen molar-refractivity contribution in [2.75, 3.05) is 13.1 Å². The van der Waals surface area contributed by atoms with Gasteiger partial charge in [0.2, 0.25) is 10.0 Å². The van der Waals surface area contributed by atoms with Crippen molar-refractivity contribution < 1.29 is 13.2 Å². The van der Waals surface area contributed by atoms with Crippen LogP contribution in [0.15, 0.2) is 20.7 Å². The van der Waals surface area contributed by atoms with E-state index in [-0.39, 0.29) is 25.3 Å². The largest absolute Gasteiger partial charge is 0.373 e. The van der Waals surface area contributed by atoms with Crippen molar-refractivity contribution in [3.05, 3.63) is 27.0 Å². The van der Waals surface area contributed by atoms with Gasteiger partial charge in [0.1, 0.15) is 0 Å². The van der Waals surface area contributed by atoms with Crippen LogP contribution in [0.1, 0.15) is 13.8 Å². The normalized spacial score (nSPS) is 25.4. The molecule has 9 heteroatoms. The van der Waals surface area contributed by atoms with Gasteiger partial charge < -0.3 is 9.72 Å². The predicted molar refractivity (Wildman–Crippen MR) is 66.5 cm³/mol. The van der Waals surface area contributed by atoms with Crippen LogP contribution < -0.4 is 11.2 Å². The molecule has 1 fully saturated rings. The molecule has 2 rings (SSSR count). The molecular weight excluding hydrogens is 274 g/mol. The van der Waals surface area contributed by atoms with E-state index in [9.17, 15) is 18.0 Å². The number of sulfonamides is 1. The summed E-state index contributed by atoms with van der Waals surface area (Å²) in [5.41, 5.74) is -1.66. The second kappa shape index (κ2) is 4.91. The van der Waals surface area contributed by atoms with Crippen molar-refractivity contribution in [2.24, 2.45) is 0 Å². The van der Waals surface area contributed by atoms with Gasteiger partial charge in [-0.05, 0) is 13.8 Å². The van der Waals surface area contributed by atoms with Crippen LogP contribution >= 0.6 is 0 Å². The van der Waals surface area contributed by atoms with Crippen molar-refractivity contribution in [3.63, 3.8) is 0 Å². The van der Waals surface area contributed by atoms with E-state index in [1.165, 1.54) is 4.31 Å². The van der Waals surface area contributed by atoms with Gasteiger partial charge in [-0.2, -0.15) is 4.31 Å². The van der Waals surface area contributed by atoms with E-state index in [0.717, 1.165) is 6.20 Å². The molecule has 0 amide bonds. The molecule has 2 N–H and O–H groups in total. The van der Waals surface area contributed by atoms with Gasteiger partial charge in [-0.25, -0.2) is 13.2 Å². The fraction of sp³-hybridized carbons (Fsp3) is 0.600. The number of H-pyrrole nitrogens is 2. The lowest BCUT2D eigenvalue weighted by Gasteiger charge is -2.34. The topological polar surface area (TPSA) is 112 Å². The van der Waals surface area contributed by atoms with Crippen molar-refractivity contribution in [1.82, 2.24) is 14.3 Å². The van der Waals surface area contributed by atoms with Crippen molar-refractivity contribution in [2.45, 2.75) is 31.0 Å². The minimum atomic E-state index is -3.94. The number of aromatic amines is 2. The highest BCUT2D eigenvalue weighted by Crippen LogP contribution is 2.18. The molecule has 106 valence electrons. The molecule has 0 unspecified atom stereocenters. The maximum absolute atomic E-state index is 12.3. The third-order valence-corrected chi connectivity index (χ3v) is 4.63. The number of nitrogens with zero attached hydrogens (tertiary/aromatic N) is 1. The number of aromatic nitrogens is 2. The first-order chi connectivity index (χ1) is 8.80. The zero-order chi connectivity index (χ0) is 14.2. The van der Waals surface area contributed by atoms with Crippen LogP contribution in [0.4, 0.5) is 0 Å². The van der Waals surface area contributed by atoms with Crippen LogP contribution in [0.5, 0.6) is 0 Å². The van der Waals surface area contributed by atoms with Crippen molar-refractivity contribution in [1.29, 1.82) is 0 Å². The van der Waals surface area contributed by atoms with Gasteiger partial charge in [-0.15, -0.1) is 0 Å². The average Bonchev–Trinajstić information content (AvgIpc) is 2.26. The van der Waals surface area contributed by atoms with E-state index in [0.29, 0.717) is 0 Å². The Kier molecular flexibility index (Phi) is 3.61. The summed E-state index contributed by atoms with van der Waals surface area (Å²) in [6.45, 7) is 3.86. The van der Waals surface area contributed by atoms with Crippen LogP contribution in [0.2, 0.25) is 0 Å². The molecule has 1 aliphatic rings. The summed E-state index contributed by atoms with van der Waals surface area (Å²) in [6.07, 6.45) is 0.419. The summed E-state index contributed by atoms with van der Waals surface area (Å²) in [5.74, 6) is 0. The molecule has 0 saturated carbocycles. The summed E-state index contributed by atoms with van der Waals surface area (Å²) in [7, 11) is -3.94. The number of hydrogen-bond donors (Lipinski definition) is 2. The Morgan fingerprint density at radius 1 is 1.26 bits per heavy atom. The molecule has 1 aromatic rings. The Morgan fingerprint density at radius 2 is 1.84 bits per heavy atom. The SMILES string of the molecule is C[C@@H]1CN(S(=O)(=O)c2c[nH]c(=O)[nH]c2=O)C[C@@H](C)O1. The first kappa shape index (κ1) is 14.0. The monoisotopic (exact) mass is 289 g/mol. The highest BCUT2D eigenvalue weighted by atomic mass is 32.2. The van der Waals surface area contributed by atoms with E-state index in [1.54, 1.807) is 13.8 Å². The highest BCUT2D eigenvalue weighted by molar-refractivity contribution is 7.89. The van der Waals surface area contributed by atoms with Gasteiger partial charge in [0.05, 0.1) is 12.2 Å². The zero-order valence-electron chi connectivity index (χ0n) is 10.5. The van der Waals surface area contributed by atoms with Crippen molar-refractivity contribution >= 4 is 10.0 Å². The lowest BCUT2D eigenvalue weighted by molar-refractivity contribution is -0.0441. The third kappa shape index (κ3) is 2.77. The van der Waals surface area contributed by atoms with Gasteiger partial charge >= 0.3 is 5.69 Å². The molecule has 1 saturated heterocycles. The standard InChI is InChI=1S/C10H15N3O5S/c1-6-4-13(5-7(2)18-6)19(16,17)8-3-11-10(15)12-9(8)14/h3,6-7H,4-5H2,1-2H3,(H2,11,12,14,15)/t6-,7-/m1/s1. The summed E-state index contributed by atoms with van der Waals surface area (Å²) in [4.78, 5) is 26.1. The molecule has 1 aliphatic heterocycles. The second-order valence-electron chi connectivity index (χ2n) is 4.52. The van der Waals surface area contributed by atoms with Gasteiger partial charge in [0, 0.05) is 19.3 Å². The molecule has 0 radical (unpaired) electrons. The van der Waals surface area contributed by atoms with Gasteiger partial charge in [-0.1, -0.05) is 0 Å². The van der Waals surface area contributed by atoms with E-state index in [1.807, 2.05) is 4.98 Å². The Balaban J connectivity index is 2.42. The average molecular weight is 289 g/mol. The third-order valence-electron chi connectivity index (χ3n) is 2.79. The molecule has 0 aliphatic carbocycles. The first-order valence-electron chi connectivity index (χ1n) is 5.78. The molecular formula is C10H15N3O5S. The molecule has 0 spiro atoms. The summed E-state index contributed by atoms with van der Waals surface area (Å²) < 4.78 is 31.3. The minimum absolute atomic E-state index is 0.172. The van der Waals surface area contributed by atoms with Crippen LogP contribution in [-0.2, 0) is 14.8 Å².